The van der Waals surface area contributed by atoms with Crippen molar-refractivity contribution in [2.75, 3.05) is 13.1 Å². The molecule has 4 aromatic carbocycles. The molecule has 0 bridgehead atoms. The van der Waals surface area contributed by atoms with Crippen LogP contribution in [-0.4, -0.2) is 52.7 Å². The maximum absolute atomic E-state index is 13.6. The van der Waals surface area contributed by atoms with Gasteiger partial charge in [0.1, 0.15) is 11.9 Å². The van der Waals surface area contributed by atoms with Gasteiger partial charge in [-0.1, -0.05) is 60.7 Å². The van der Waals surface area contributed by atoms with Crippen molar-refractivity contribution in [1.82, 2.24) is 20.5 Å². The first-order valence-electron chi connectivity index (χ1n) is 16.8. The van der Waals surface area contributed by atoms with E-state index in [1.54, 1.807) is 41.6 Å². The number of amides is 3. The molecule has 3 amide bonds. The Labute approximate surface area is 296 Å². The van der Waals surface area contributed by atoms with Crippen LogP contribution in [0.15, 0.2) is 121 Å². The van der Waals surface area contributed by atoms with Crippen molar-refractivity contribution >= 4 is 34.5 Å². The number of aliphatic imine (C=N–C) groups is 1. The predicted octanol–water partition coefficient (Wildman–Crippen LogP) is 5.29. The first kappa shape index (κ1) is 36.2. The molecule has 0 unspecified atom stereocenters. The topological polar surface area (TPSA) is 156 Å². The van der Waals surface area contributed by atoms with Crippen molar-refractivity contribution < 1.29 is 18.8 Å². The lowest BCUT2D eigenvalue weighted by Gasteiger charge is -2.24. The minimum absolute atomic E-state index is 0.0419. The third-order valence-corrected chi connectivity index (χ3v) is 8.58. The molecule has 11 heteroatoms. The zero-order valence-electron chi connectivity index (χ0n) is 28.5. The van der Waals surface area contributed by atoms with E-state index in [1.807, 2.05) is 61.5 Å². The Morgan fingerprint density at radius 2 is 1.57 bits per heavy atom. The molecule has 0 aliphatic heterocycles. The van der Waals surface area contributed by atoms with Crippen LogP contribution in [0.2, 0.25) is 0 Å². The van der Waals surface area contributed by atoms with Gasteiger partial charge in [-0.15, -0.1) is 0 Å². The normalized spacial score (nSPS) is 12.0. The molecule has 0 radical (unpaired) electrons. The number of carbonyl (C=O) groups is 3. The molecule has 0 saturated heterocycles. The number of nitrogens with two attached hydrogens (primary N) is 2. The average molecular weight is 688 g/mol. The second kappa shape index (κ2) is 17.5. The summed E-state index contributed by atoms with van der Waals surface area (Å²) >= 11 is 0. The van der Waals surface area contributed by atoms with Crippen LogP contribution in [0.3, 0.4) is 0 Å². The maximum Gasteiger partial charge on any atom is 0.254 e. The number of aromatic nitrogens is 1. The molecule has 0 aliphatic carbocycles. The summed E-state index contributed by atoms with van der Waals surface area (Å²) in [5, 5.41) is 8.08. The summed E-state index contributed by atoms with van der Waals surface area (Å²) in [7, 11) is 0. The highest BCUT2D eigenvalue weighted by Gasteiger charge is 2.24. The van der Waals surface area contributed by atoms with Gasteiger partial charge in [-0.25, -0.2) is 4.39 Å². The Kier molecular flexibility index (Phi) is 12.4. The highest BCUT2D eigenvalue weighted by molar-refractivity contribution is 5.98. The Bertz CT molecular complexity index is 1960. The van der Waals surface area contributed by atoms with E-state index in [0.29, 0.717) is 43.5 Å². The SMILES string of the molecule is C[C@@H](NC(=O)[C@H](CCCN=C(N)N)NC(=O)c1ccc(CN(CCc2cccnc2)C(=O)c2ccc(F)cc2)cc1)c1cccc2ccccc12. The average Bonchev–Trinajstić information content (AvgIpc) is 3.14. The van der Waals surface area contributed by atoms with Gasteiger partial charge in [0, 0.05) is 43.2 Å². The van der Waals surface area contributed by atoms with Crippen molar-refractivity contribution in [3.63, 3.8) is 0 Å². The second-order valence-corrected chi connectivity index (χ2v) is 12.3. The summed E-state index contributed by atoms with van der Waals surface area (Å²) in [6.45, 7) is 2.89. The molecule has 2 atom stereocenters. The Balaban J connectivity index is 1.28. The molecule has 51 heavy (non-hydrogen) atoms. The molecule has 5 rings (SSSR count). The van der Waals surface area contributed by atoms with Crippen LogP contribution < -0.4 is 22.1 Å². The largest absolute Gasteiger partial charge is 0.370 e. The monoisotopic (exact) mass is 687 g/mol. The predicted molar refractivity (Wildman–Crippen MR) is 197 cm³/mol. The van der Waals surface area contributed by atoms with E-state index < -0.39 is 17.8 Å². The zero-order valence-corrected chi connectivity index (χ0v) is 28.5. The standard InChI is InChI=1S/C40H42FN7O3/c1-27(34-11-4-9-30-8-2-3-10-35(30)34)46-38(50)36(12-6-23-45-40(42)43)47-37(49)31-15-13-29(14-16-31)26-48(24-21-28-7-5-22-44-25-28)39(51)32-17-19-33(41)20-18-32/h2-5,7-11,13-20,22,25,27,36H,6,12,21,23-24,26H2,1H3,(H,46,50)(H,47,49)(H4,42,43,45)/t27-,36+/m1/s1. The van der Waals surface area contributed by atoms with E-state index in [-0.39, 0.29) is 30.4 Å². The number of hydrogen-bond donors (Lipinski definition) is 4. The molecular formula is C40H42FN7O3. The molecule has 1 heterocycles. The number of halogens is 1. The van der Waals surface area contributed by atoms with Gasteiger partial charge in [-0.2, -0.15) is 0 Å². The fraction of sp³-hybridized carbons (Fsp3) is 0.225. The highest BCUT2D eigenvalue weighted by atomic mass is 19.1. The number of rotatable bonds is 15. The number of nitrogens with zero attached hydrogens (tertiary/aromatic N) is 3. The van der Waals surface area contributed by atoms with Crippen molar-refractivity contribution in [1.29, 1.82) is 0 Å². The number of guanidine groups is 1. The molecule has 0 aliphatic rings. The van der Waals surface area contributed by atoms with Gasteiger partial charge < -0.3 is 27.0 Å². The number of pyridine rings is 1. The Hall–Kier alpha value is -6.10. The van der Waals surface area contributed by atoms with Crippen molar-refractivity contribution in [3.8, 4) is 0 Å². The molecule has 5 aromatic rings. The summed E-state index contributed by atoms with van der Waals surface area (Å²) in [4.78, 5) is 50.4. The summed E-state index contributed by atoms with van der Waals surface area (Å²) in [6, 6.07) is 28.9. The van der Waals surface area contributed by atoms with Crippen LogP contribution in [0.5, 0.6) is 0 Å². The van der Waals surface area contributed by atoms with E-state index in [1.165, 1.54) is 24.3 Å². The lowest BCUT2D eigenvalue weighted by Crippen LogP contribution is -2.47. The molecular weight excluding hydrogens is 645 g/mol. The van der Waals surface area contributed by atoms with E-state index in [4.69, 9.17) is 11.5 Å². The van der Waals surface area contributed by atoms with Gasteiger partial charge in [-0.3, -0.25) is 24.4 Å². The third-order valence-electron chi connectivity index (χ3n) is 8.58. The van der Waals surface area contributed by atoms with E-state index in [9.17, 15) is 18.8 Å². The highest BCUT2D eigenvalue weighted by Crippen LogP contribution is 2.24. The van der Waals surface area contributed by atoms with Crippen LogP contribution in [-0.2, 0) is 17.8 Å². The number of hydrogen-bond acceptors (Lipinski definition) is 5. The van der Waals surface area contributed by atoms with Crippen molar-refractivity contribution in [2.24, 2.45) is 16.5 Å². The van der Waals surface area contributed by atoms with Gasteiger partial charge in [-0.05, 0) is 96.1 Å². The fourth-order valence-electron chi connectivity index (χ4n) is 5.85. The summed E-state index contributed by atoms with van der Waals surface area (Å²) in [6.07, 6.45) is 4.80. The number of fused-ring (bicyclic) bond motifs is 1. The summed E-state index contributed by atoms with van der Waals surface area (Å²) in [5.41, 5.74) is 14.4. The van der Waals surface area contributed by atoms with Gasteiger partial charge in [0.15, 0.2) is 5.96 Å². The molecule has 262 valence electrons. The van der Waals surface area contributed by atoms with Crippen LogP contribution in [0.4, 0.5) is 4.39 Å². The minimum Gasteiger partial charge on any atom is -0.370 e. The molecule has 0 saturated carbocycles. The van der Waals surface area contributed by atoms with Crippen molar-refractivity contribution in [3.05, 3.63) is 149 Å². The molecule has 6 N–H and O–H groups in total. The van der Waals surface area contributed by atoms with Gasteiger partial charge in [0.25, 0.3) is 11.8 Å². The Morgan fingerprint density at radius 3 is 2.29 bits per heavy atom. The summed E-state index contributed by atoms with van der Waals surface area (Å²) < 4.78 is 13.6. The zero-order chi connectivity index (χ0) is 36.2. The van der Waals surface area contributed by atoms with Crippen LogP contribution in [0.25, 0.3) is 10.8 Å². The van der Waals surface area contributed by atoms with Gasteiger partial charge >= 0.3 is 0 Å². The second-order valence-electron chi connectivity index (χ2n) is 12.3. The van der Waals surface area contributed by atoms with Crippen molar-refractivity contribution in [2.45, 2.75) is 44.8 Å². The number of benzene rings is 4. The quantitative estimate of drug-likeness (QED) is 0.0666. The van der Waals surface area contributed by atoms with E-state index in [0.717, 1.165) is 27.5 Å². The lowest BCUT2D eigenvalue weighted by molar-refractivity contribution is -0.123. The fourth-order valence-corrected chi connectivity index (χ4v) is 5.85. The van der Waals surface area contributed by atoms with Crippen LogP contribution >= 0.6 is 0 Å². The maximum atomic E-state index is 13.6. The Morgan fingerprint density at radius 1 is 0.843 bits per heavy atom. The number of carbonyl (C=O) groups excluding carboxylic acids is 3. The smallest absolute Gasteiger partial charge is 0.254 e. The number of nitrogens with one attached hydrogen (secondary N) is 2. The first-order valence-corrected chi connectivity index (χ1v) is 16.8. The van der Waals surface area contributed by atoms with Crippen LogP contribution in [0.1, 0.15) is 63.2 Å². The van der Waals surface area contributed by atoms with Gasteiger partial charge in [0.2, 0.25) is 5.91 Å². The molecule has 10 nitrogen and oxygen atoms in total. The molecule has 1 aromatic heterocycles. The van der Waals surface area contributed by atoms with Gasteiger partial charge in [0.05, 0.1) is 6.04 Å². The molecule has 0 fully saturated rings. The third kappa shape index (κ3) is 10.2. The minimum atomic E-state index is -0.847. The first-order chi connectivity index (χ1) is 24.7. The lowest BCUT2D eigenvalue weighted by atomic mass is 9.99. The van der Waals surface area contributed by atoms with E-state index >= 15 is 0 Å². The molecule has 0 spiro atoms. The van der Waals surface area contributed by atoms with E-state index in [2.05, 4.69) is 20.6 Å². The van der Waals surface area contributed by atoms with Crippen LogP contribution in [0, 0.1) is 5.82 Å². The summed E-state index contributed by atoms with van der Waals surface area (Å²) in [5.74, 6) is -1.45.